The molecular formula is C23H22F3N5OS. The lowest BCUT2D eigenvalue weighted by molar-refractivity contribution is 0.0463. The lowest BCUT2D eigenvalue weighted by Crippen LogP contribution is -2.45. The van der Waals surface area contributed by atoms with Crippen molar-refractivity contribution in [2.75, 3.05) is 6.54 Å². The van der Waals surface area contributed by atoms with E-state index in [2.05, 4.69) is 9.97 Å². The SMILES string of the molecule is Cc1nc(C(=O)N2CCCC[C@H]2Cc2cn3c(n2)C(F)=CN(F)C3)c(-c2ccc(F)cc2)s1. The Morgan fingerprint density at radius 3 is 2.76 bits per heavy atom. The van der Waals surface area contributed by atoms with Crippen LogP contribution in [0.1, 0.15) is 46.3 Å². The summed E-state index contributed by atoms with van der Waals surface area (Å²) in [4.78, 5) is 25.0. The number of hydrogen-bond donors (Lipinski definition) is 0. The zero-order chi connectivity index (χ0) is 23.1. The summed E-state index contributed by atoms with van der Waals surface area (Å²) in [5.41, 5.74) is 1.72. The molecule has 33 heavy (non-hydrogen) atoms. The Bertz CT molecular complexity index is 1220. The minimum absolute atomic E-state index is 0.0984. The van der Waals surface area contributed by atoms with Gasteiger partial charge in [0.25, 0.3) is 5.91 Å². The molecule has 6 nitrogen and oxygen atoms in total. The Morgan fingerprint density at radius 2 is 1.97 bits per heavy atom. The molecule has 172 valence electrons. The zero-order valence-electron chi connectivity index (χ0n) is 18.0. The van der Waals surface area contributed by atoms with Crippen LogP contribution < -0.4 is 0 Å². The van der Waals surface area contributed by atoms with Crippen LogP contribution in [0, 0.1) is 12.7 Å². The second-order valence-corrected chi connectivity index (χ2v) is 9.52. The number of imidazole rings is 1. The summed E-state index contributed by atoms with van der Waals surface area (Å²) in [6.07, 6.45) is 5.50. The number of piperidine rings is 1. The monoisotopic (exact) mass is 473 g/mol. The average molecular weight is 474 g/mol. The van der Waals surface area contributed by atoms with E-state index in [0.717, 1.165) is 40.9 Å². The molecule has 1 fully saturated rings. The summed E-state index contributed by atoms with van der Waals surface area (Å²) >= 11 is 1.40. The highest BCUT2D eigenvalue weighted by molar-refractivity contribution is 7.15. The number of thiazole rings is 1. The molecule has 2 aliphatic heterocycles. The van der Waals surface area contributed by atoms with Crippen LogP contribution in [-0.4, -0.2) is 43.1 Å². The maximum atomic E-state index is 14.1. The van der Waals surface area contributed by atoms with E-state index in [1.807, 2.05) is 11.8 Å². The van der Waals surface area contributed by atoms with Crippen molar-refractivity contribution in [3.05, 3.63) is 64.7 Å². The number of aryl methyl sites for hydroxylation is 1. The Morgan fingerprint density at radius 1 is 1.18 bits per heavy atom. The summed E-state index contributed by atoms with van der Waals surface area (Å²) in [5.74, 6) is -1.14. The van der Waals surface area contributed by atoms with Crippen LogP contribution in [-0.2, 0) is 13.1 Å². The van der Waals surface area contributed by atoms with Crippen LogP contribution in [0.5, 0.6) is 0 Å². The molecule has 0 saturated carbocycles. The van der Waals surface area contributed by atoms with Gasteiger partial charge in [-0.1, -0.05) is 16.6 Å². The first-order valence-electron chi connectivity index (χ1n) is 10.8. The quantitative estimate of drug-likeness (QED) is 0.494. The first-order chi connectivity index (χ1) is 15.9. The molecule has 5 rings (SSSR count). The predicted molar refractivity (Wildman–Crippen MR) is 119 cm³/mol. The Kier molecular flexibility index (Phi) is 5.69. The van der Waals surface area contributed by atoms with Crippen LogP contribution in [0.3, 0.4) is 0 Å². The second-order valence-electron chi connectivity index (χ2n) is 8.31. The predicted octanol–water partition coefficient (Wildman–Crippen LogP) is 5.12. The molecule has 0 unspecified atom stereocenters. The third kappa shape index (κ3) is 4.27. The number of amides is 1. The van der Waals surface area contributed by atoms with Gasteiger partial charge in [0.05, 0.1) is 21.8 Å². The first kappa shape index (κ1) is 21.7. The molecule has 1 amide bonds. The van der Waals surface area contributed by atoms with Gasteiger partial charge >= 0.3 is 0 Å². The van der Waals surface area contributed by atoms with E-state index in [0.29, 0.717) is 24.4 Å². The molecule has 10 heteroatoms. The number of rotatable bonds is 4. The van der Waals surface area contributed by atoms with Crippen molar-refractivity contribution in [2.45, 2.75) is 45.3 Å². The third-order valence-electron chi connectivity index (χ3n) is 5.96. The minimum atomic E-state index is -0.728. The molecule has 2 aromatic heterocycles. The van der Waals surface area contributed by atoms with E-state index in [-0.39, 0.29) is 35.4 Å². The fraction of sp³-hybridized carbons (Fsp3) is 0.348. The average Bonchev–Trinajstić information content (AvgIpc) is 3.37. The molecule has 0 aliphatic carbocycles. The first-order valence-corrected chi connectivity index (χ1v) is 11.6. The molecule has 0 N–H and O–H groups in total. The maximum absolute atomic E-state index is 14.1. The van der Waals surface area contributed by atoms with Crippen LogP contribution in [0.25, 0.3) is 16.3 Å². The molecule has 3 aromatic rings. The van der Waals surface area contributed by atoms with Gasteiger partial charge in [-0.2, -0.15) is 5.12 Å². The topological polar surface area (TPSA) is 54.3 Å². The molecule has 1 aromatic carbocycles. The standard InChI is InChI=1S/C23H22F3N5OS/c1-14-27-20(21(33-14)15-5-7-16(24)8-6-15)23(32)31-9-3-2-4-18(31)10-17-11-29-13-30(26)12-19(25)22(29)28-17/h5-8,11-12,18H,2-4,9-10,13H2,1H3/t18-/m0/s1. The largest absolute Gasteiger partial charge is 0.334 e. The Balaban J connectivity index is 1.41. The zero-order valence-corrected chi connectivity index (χ0v) is 18.8. The van der Waals surface area contributed by atoms with E-state index in [1.165, 1.54) is 28.0 Å². The molecule has 1 atom stereocenters. The number of nitrogens with zero attached hydrogens (tertiary/aromatic N) is 5. The number of fused-ring (bicyclic) bond motifs is 1. The smallest absolute Gasteiger partial charge is 0.274 e. The lowest BCUT2D eigenvalue weighted by Gasteiger charge is -2.35. The van der Waals surface area contributed by atoms with Crippen molar-refractivity contribution >= 4 is 23.1 Å². The highest BCUT2D eigenvalue weighted by Gasteiger charge is 2.32. The molecule has 0 spiro atoms. The summed E-state index contributed by atoms with van der Waals surface area (Å²) in [6.45, 7) is 2.30. The number of carbonyl (C=O) groups is 1. The van der Waals surface area contributed by atoms with Gasteiger partial charge in [-0.25, -0.2) is 18.7 Å². The van der Waals surface area contributed by atoms with Gasteiger partial charge in [0.1, 0.15) is 18.2 Å². The fourth-order valence-corrected chi connectivity index (χ4v) is 5.38. The summed E-state index contributed by atoms with van der Waals surface area (Å²) in [7, 11) is 0. The van der Waals surface area contributed by atoms with Gasteiger partial charge in [0.15, 0.2) is 11.7 Å². The van der Waals surface area contributed by atoms with Crippen molar-refractivity contribution < 1.29 is 18.1 Å². The van der Waals surface area contributed by atoms with Gasteiger partial charge in [0.2, 0.25) is 0 Å². The fourth-order valence-electron chi connectivity index (χ4n) is 4.46. The van der Waals surface area contributed by atoms with Gasteiger partial charge in [-0.3, -0.25) is 4.79 Å². The van der Waals surface area contributed by atoms with Gasteiger partial charge in [-0.15, -0.1) is 11.3 Å². The number of hydrogen-bond acceptors (Lipinski definition) is 5. The summed E-state index contributed by atoms with van der Waals surface area (Å²) in [5, 5.41) is 1.03. The number of likely N-dealkylation sites (tertiary alicyclic amines) is 1. The van der Waals surface area contributed by atoms with E-state index >= 15 is 0 Å². The normalized spacial score (nSPS) is 18.3. The van der Waals surface area contributed by atoms with Crippen molar-refractivity contribution in [2.24, 2.45) is 0 Å². The third-order valence-corrected chi connectivity index (χ3v) is 6.98. The van der Waals surface area contributed by atoms with E-state index in [9.17, 15) is 18.1 Å². The molecule has 1 saturated heterocycles. The highest BCUT2D eigenvalue weighted by atomic mass is 32.1. The number of halogens is 3. The van der Waals surface area contributed by atoms with Crippen molar-refractivity contribution in [3.8, 4) is 10.4 Å². The van der Waals surface area contributed by atoms with Gasteiger partial charge in [0, 0.05) is 25.2 Å². The van der Waals surface area contributed by atoms with Crippen LogP contribution in [0.2, 0.25) is 0 Å². The number of aromatic nitrogens is 3. The second kappa shape index (κ2) is 8.66. The number of carbonyl (C=O) groups excluding carboxylic acids is 1. The van der Waals surface area contributed by atoms with Crippen molar-refractivity contribution in [1.29, 1.82) is 0 Å². The maximum Gasteiger partial charge on any atom is 0.274 e. The Hall–Kier alpha value is -3.14. The van der Waals surface area contributed by atoms with Crippen molar-refractivity contribution in [1.82, 2.24) is 24.6 Å². The lowest BCUT2D eigenvalue weighted by atomic mass is 9.97. The molecule has 0 bridgehead atoms. The minimum Gasteiger partial charge on any atom is -0.334 e. The van der Waals surface area contributed by atoms with Crippen molar-refractivity contribution in [3.63, 3.8) is 0 Å². The van der Waals surface area contributed by atoms with E-state index < -0.39 is 5.83 Å². The van der Waals surface area contributed by atoms with Crippen LogP contribution >= 0.6 is 11.3 Å². The molecule has 0 radical (unpaired) electrons. The van der Waals surface area contributed by atoms with E-state index in [1.54, 1.807) is 18.3 Å². The summed E-state index contributed by atoms with van der Waals surface area (Å²) in [6, 6.07) is 5.92. The van der Waals surface area contributed by atoms with Crippen LogP contribution in [0.4, 0.5) is 13.3 Å². The highest BCUT2D eigenvalue weighted by Crippen LogP contribution is 2.33. The van der Waals surface area contributed by atoms with Gasteiger partial charge in [-0.05, 0) is 43.9 Å². The molecule has 2 aliphatic rings. The number of benzene rings is 1. The Labute approximate surface area is 192 Å². The van der Waals surface area contributed by atoms with Crippen LogP contribution in [0.15, 0.2) is 36.7 Å². The summed E-state index contributed by atoms with van der Waals surface area (Å²) < 4.78 is 42.4. The van der Waals surface area contributed by atoms with E-state index in [4.69, 9.17) is 0 Å². The van der Waals surface area contributed by atoms with Gasteiger partial charge < -0.3 is 9.47 Å². The molecule has 4 heterocycles. The molecular weight excluding hydrogens is 451 g/mol.